The molecular formula is C16H31N3. The molecule has 1 unspecified atom stereocenters. The van der Waals surface area contributed by atoms with Crippen LogP contribution in [0.25, 0.3) is 0 Å². The van der Waals surface area contributed by atoms with E-state index in [1.807, 2.05) is 0 Å². The lowest BCUT2D eigenvalue weighted by Gasteiger charge is -2.17. The molecule has 1 N–H and O–H groups in total. The average Bonchev–Trinajstić information content (AvgIpc) is 2.73. The first-order chi connectivity index (χ1) is 9.04. The number of imidazole rings is 1. The zero-order chi connectivity index (χ0) is 14.3. The zero-order valence-electron chi connectivity index (χ0n) is 13.4. The molecule has 1 atom stereocenters. The van der Waals surface area contributed by atoms with Crippen LogP contribution in [0.2, 0.25) is 0 Å². The van der Waals surface area contributed by atoms with Crippen molar-refractivity contribution in [3.63, 3.8) is 0 Å². The highest BCUT2D eigenvalue weighted by molar-refractivity contribution is 5.29. The van der Waals surface area contributed by atoms with E-state index in [1.165, 1.54) is 32.1 Å². The average molecular weight is 265 g/mol. The van der Waals surface area contributed by atoms with Gasteiger partial charge in [-0.1, -0.05) is 46.5 Å². The maximum Gasteiger partial charge on any atom is 0.203 e. The van der Waals surface area contributed by atoms with Crippen LogP contribution in [0.5, 0.6) is 0 Å². The Hall–Kier alpha value is -0.990. The number of aromatic nitrogens is 2. The molecule has 0 radical (unpaired) electrons. The maximum atomic E-state index is 4.60. The van der Waals surface area contributed by atoms with Gasteiger partial charge in [0, 0.05) is 18.8 Å². The lowest BCUT2D eigenvalue weighted by Crippen LogP contribution is -2.14. The standard InChI is InChI=1S/C16H31N3/c1-6-7-8-9-10-15(5)19-12-14(4)18-16(19)17-11-13(2)3/h12-13,15H,6-11H2,1-5H3,(H,17,18). The lowest BCUT2D eigenvalue weighted by atomic mass is 10.1. The fourth-order valence-electron chi connectivity index (χ4n) is 2.28. The Labute approximate surface area is 118 Å². The fraction of sp³-hybridized carbons (Fsp3) is 0.812. The summed E-state index contributed by atoms with van der Waals surface area (Å²) in [5.41, 5.74) is 1.10. The van der Waals surface area contributed by atoms with Gasteiger partial charge in [-0.15, -0.1) is 0 Å². The molecule has 0 aliphatic carbocycles. The van der Waals surface area contributed by atoms with E-state index in [2.05, 4.69) is 55.7 Å². The van der Waals surface area contributed by atoms with Gasteiger partial charge in [0.05, 0.1) is 5.69 Å². The van der Waals surface area contributed by atoms with Crippen LogP contribution in [0.4, 0.5) is 5.95 Å². The van der Waals surface area contributed by atoms with Crippen molar-refractivity contribution in [1.82, 2.24) is 9.55 Å². The SMILES string of the molecule is CCCCCCC(C)n1cc(C)nc1NCC(C)C. The molecule has 0 spiro atoms. The van der Waals surface area contributed by atoms with Gasteiger partial charge < -0.3 is 9.88 Å². The van der Waals surface area contributed by atoms with Crippen molar-refractivity contribution < 1.29 is 0 Å². The molecular weight excluding hydrogens is 234 g/mol. The molecule has 110 valence electrons. The second kappa shape index (κ2) is 8.23. The summed E-state index contributed by atoms with van der Waals surface area (Å²) < 4.78 is 2.31. The molecule has 0 fully saturated rings. The summed E-state index contributed by atoms with van der Waals surface area (Å²) in [4.78, 5) is 4.60. The molecule has 0 aromatic carbocycles. The first kappa shape index (κ1) is 16.1. The Morgan fingerprint density at radius 1 is 1.21 bits per heavy atom. The fourth-order valence-corrected chi connectivity index (χ4v) is 2.28. The first-order valence-electron chi connectivity index (χ1n) is 7.84. The molecule has 1 heterocycles. The van der Waals surface area contributed by atoms with Gasteiger partial charge in [0.15, 0.2) is 0 Å². The van der Waals surface area contributed by atoms with Gasteiger partial charge in [-0.05, 0) is 26.2 Å². The van der Waals surface area contributed by atoms with Gasteiger partial charge in [0.2, 0.25) is 5.95 Å². The van der Waals surface area contributed by atoms with E-state index in [-0.39, 0.29) is 0 Å². The highest BCUT2D eigenvalue weighted by Gasteiger charge is 2.11. The van der Waals surface area contributed by atoms with E-state index < -0.39 is 0 Å². The monoisotopic (exact) mass is 265 g/mol. The van der Waals surface area contributed by atoms with Crippen LogP contribution in [0.15, 0.2) is 6.20 Å². The number of hydrogen-bond acceptors (Lipinski definition) is 2. The molecule has 3 heteroatoms. The van der Waals surface area contributed by atoms with Crippen molar-refractivity contribution >= 4 is 5.95 Å². The number of unbranched alkanes of at least 4 members (excludes halogenated alkanes) is 3. The Bertz CT molecular complexity index is 355. The minimum Gasteiger partial charge on any atom is -0.355 e. The second-order valence-electron chi connectivity index (χ2n) is 6.09. The molecule has 0 aliphatic heterocycles. The molecule has 3 nitrogen and oxygen atoms in total. The minimum absolute atomic E-state index is 0.535. The molecule has 0 amide bonds. The molecule has 0 bridgehead atoms. The summed E-state index contributed by atoms with van der Waals surface area (Å²) in [5, 5.41) is 3.47. The molecule has 19 heavy (non-hydrogen) atoms. The number of anilines is 1. The number of nitrogens with one attached hydrogen (secondary N) is 1. The minimum atomic E-state index is 0.535. The smallest absolute Gasteiger partial charge is 0.203 e. The molecule has 1 rings (SSSR count). The maximum absolute atomic E-state index is 4.60. The van der Waals surface area contributed by atoms with E-state index >= 15 is 0 Å². The third kappa shape index (κ3) is 5.66. The summed E-state index contributed by atoms with van der Waals surface area (Å²) in [6.45, 7) is 12.1. The van der Waals surface area contributed by atoms with E-state index in [1.54, 1.807) is 0 Å². The molecule has 1 aromatic heterocycles. The predicted octanol–water partition coefficient (Wildman–Crippen LogP) is 4.79. The van der Waals surface area contributed by atoms with Crippen molar-refractivity contribution in [2.45, 2.75) is 72.8 Å². The van der Waals surface area contributed by atoms with E-state index in [9.17, 15) is 0 Å². The normalized spacial score (nSPS) is 12.9. The van der Waals surface area contributed by atoms with Crippen molar-refractivity contribution in [3.05, 3.63) is 11.9 Å². The predicted molar refractivity (Wildman–Crippen MR) is 83.8 cm³/mol. The Kier molecular flexibility index (Phi) is 6.96. The van der Waals surface area contributed by atoms with Crippen LogP contribution in [-0.2, 0) is 0 Å². The lowest BCUT2D eigenvalue weighted by molar-refractivity contribution is 0.474. The summed E-state index contributed by atoms with van der Waals surface area (Å²) in [6, 6.07) is 0.535. The van der Waals surface area contributed by atoms with Crippen LogP contribution in [0.3, 0.4) is 0 Å². The highest BCUT2D eigenvalue weighted by Crippen LogP contribution is 2.21. The van der Waals surface area contributed by atoms with Gasteiger partial charge >= 0.3 is 0 Å². The van der Waals surface area contributed by atoms with Gasteiger partial charge in [0.25, 0.3) is 0 Å². The third-order valence-corrected chi connectivity index (χ3v) is 3.47. The zero-order valence-corrected chi connectivity index (χ0v) is 13.4. The first-order valence-corrected chi connectivity index (χ1v) is 7.84. The number of rotatable bonds is 9. The Morgan fingerprint density at radius 3 is 2.58 bits per heavy atom. The van der Waals surface area contributed by atoms with Crippen LogP contribution in [0.1, 0.15) is 71.5 Å². The van der Waals surface area contributed by atoms with Crippen molar-refractivity contribution in [2.75, 3.05) is 11.9 Å². The van der Waals surface area contributed by atoms with Crippen molar-refractivity contribution in [1.29, 1.82) is 0 Å². The van der Waals surface area contributed by atoms with Crippen molar-refractivity contribution in [2.24, 2.45) is 5.92 Å². The summed E-state index contributed by atoms with van der Waals surface area (Å²) in [5.74, 6) is 1.68. The molecule has 0 saturated heterocycles. The summed E-state index contributed by atoms with van der Waals surface area (Å²) in [7, 11) is 0. The summed E-state index contributed by atoms with van der Waals surface area (Å²) >= 11 is 0. The highest BCUT2D eigenvalue weighted by atomic mass is 15.2. The molecule has 0 saturated carbocycles. The van der Waals surface area contributed by atoms with Crippen molar-refractivity contribution in [3.8, 4) is 0 Å². The number of aryl methyl sites for hydroxylation is 1. The van der Waals surface area contributed by atoms with Gasteiger partial charge in [-0.2, -0.15) is 0 Å². The van der Waals surface area contributed by atoms with E-state index in [4.69, 9.17) is 0 Å². The summed E-state index contributed by atoms with van der Waals surface area (Å²) in [6.07, 6.45) is 8.74. The van der Waals surface area contributed by atoms with E-state index in [0.29, 0.717) is 12.0 Å². The number of hydrogen-bond donors (Lipinski definition) is 1. The number of nitrogens with zero attached hydrogens (tertiary/aromatic N) is 2. The third-order valence-electron chi connectivity index (χ3n) is 3.47. The van der Waals surface area contributed by atoms with Gasteiger partial charge in [0.1, 0.15) is 0 Å². The van der Waals surface area contributed by atoms with Crippen LogP contribution in [-0.4, -0.2) is 16.1 Å². The molecule has 1 aromatic rings. The largest absolute Gasteiger partial charge is 0.355 e. The quantitative estimate of drug-likeness (QED) is 0.650. The molecule has 0 aliphatic rings. The van der Waals surface area contributed by atoms with Gasteiger partial charge in [-0.3, -0.25) is 0 Å². The van der Waals surface area contributed by atoms with Crippen LogP contribution in [0, 0.1) is 12.8 Å². The Morgan fingerprint density at radius 2 is 1.95 bits per heavy atom. The second-order valence-corrected chi connectivity index (χ2v) is 6.09. The van der Waals surface area contributed by atoms with Crippen LogP contribution < -0.4 is 5.32 Å². The van der Waals surface area contributed by atoms with Gasteiger partial charge in [-0.25, -0.2) is 4.98 Å². The van der Waals surface area contributed by atoms with Crippen LogP contribution >= 0.6 is 0 Å². The Balaban J connectivity index is 2.54. The van der Waals surface area contributed by atoms with E-state index in [0.717, 1.165) is 18.2 Å². The topological polar surface area (TPSA) is 29.9 Å².